The first-order chi connectivity index (χ1) is 7.08. The number of hydrogen-bond donors (Lipinski definition) is 1. The smallest absolute Gasteiger partial charge is 0.315 e. The van der Waals surface area contributed by atoms with Gasteiger partial charge in [-0.15, -0.1) is 0 Å². The molecule has 0 aromatic heterocycles. The standard InChI is InChI=1S/C10H12O5/c11-7(12)4-9-3-6-1-2-10(9,15-6)5-14-8(9)13/h6H,1-5H2,(H,11,12)/t6?,9?,10-/m1/s1. The van der Waals surface area contributed by atoms with Gasteiger partial charge in [0.05, 0.1) is 12.5 Å². The first-order valence-corrected chi connectivity index (χ1v) is 5.15. The topological polar surface area (TPSA) is 72.8 Å². The van der Waals surface area contributed by atoms with Gasteiger partial charge < -0.3 is 14.6 Å². The average Bonchev–Trinajstić information content (AvgIpc) is 2.75. The van der Waals surface area contributed by atoms with E-state index in [-0.39, 0.29) is 25.1 Å². The minimum Gasteiger partial charge on any atom is -0.481 e. The molecule has 1 N–H and O–H groups in total. The summed E-state index contributed by atoms with van der Waals surface area (Å²) in [6, 6.07) is 0. The van der Waals surface area contributed by atoms with Crippen LogP contribution in [0.4, 0.5) is 0 Å². The van der Waals surface area contributed by atoms with Crippen molar-refractivity contribution in [2.75, 3.05) is 6.61 Å². The molecular formula is C10H12O5. The third-order valence-corrected chi connectivity index (χ3v) is 3.99. The maximum Gasteiger partial charge on any atom is 0.315 e. The summed E-state index contributed by atoms with van der Waals surface area (Å²) in [6.45, 7) is 0.232. The van der Waals surface area contributed by atoms with Crippen molar-refractivity contribution < 1.29 is 24.2 Å². The third-order valence-electron chi connectivity index (χ3n) is 3.99. The van der Waals surface area contributed by atoms with Gasteiger partial charge in [0.15, 0.2) is 0 Å². The van der Waals surface area contributed by atoms with Crippen molar-refractivity contribution in [1.29, 1.82) is 0 Å². The van der Waals surface area contributed by atoms with Gasteiger partial charge in [0, 0.05) is 0 Å². The molecule has 0 amide bonds. The molecule has 3 atom stereocenters. The minimum absolute atomic E-state index is 0.0530. The number of esters is 1. The van der Waals surface area contributed by atoms with E-state index in [0.29, 0.717) is 6.42 Å². The van der Waals surface area contributed by atoms with Crippen molar-refractivity contribution in [2.24, 2.45) is 5.41 Å². The van der Waals surface area contributed by atoms with Gasteiger partial charge >= 0.3 is 11.9 Å². The van der Waals surface area contributed by atoms with E-state index in [1.165, 1.54) is 0 Å². The van der Waals surface area contributed by atoms with Crippen LogP contribution in [0.5, 0.6) is 0 Å². The molecule has 0 radical (unpaired) electrons. The van der Waals surface area contributed by atoms with Gasteiger partial charge in [0.25, 0.3) is 0 Å². The van der Waals surface area contributed by atoms with E-state index < -0.39 is 17.0 Å². The molecule has 5 nitrogen and oxygen atoms in total. The van der Waals surface area contributed by atoms with Crippen molar-refractivity contribution in [2.45, 2.75) is 37.4 Å². The van der Waals surface area contributed by atoms with Crippen LogP contribution in [0.3, 0.4) is 0 Å². The normalized spacial score (nSPS) is 46.7. The van der Waals surface area contributed by atoms with Gasteiger partial charge in [0.2, 0.25) is 0 Å². The molecule has 0 aromatic rings. The monoisotopic (exact) mass is 212 g/mol. The first kappa shape index (κ1) is 9.15. The molecule has 2 unspecified atom stereocenters. The van der Waals surface area contributed by atoms with Gasteiger partial charge in [0.1, 0.15) is 17.6 Å². The molecule has 1 spiro atoms. The summed E-state index contributed by atoms with van der Waals surface area (Å²) in [5.74, 6) is -1.34. The van der Waals surface area contributed by atoms with E-state index in [0.717, 1.165) is 12.8 Å². The highest BCUT2D eigenvalue weighted by atomic mass is 16.6. The minimum atomic E-state index is -0.954. The van der Waals surface area contributed by atoms with Crippen molar-refractivity contribution in [3.8, 4) is 0 Å². The number of carbonyl (C=O) groups is 2. The van der Waals surface area contributed by atoms with Crippen LogP contribution < -0.4 is 0 Å². The lowest BCUT2D eigenvalue weighted by molar-refractivity contribution is -0.154. The summed E-state index contributed by atoms with van der Waals surface area (Å²) in [5.41, 5.74) is -1.53. The summed E-state index contributed by atoms with van der Waals surface area (Å²) in [5, 5.41) is 8.90. The molecule has 3 fully saturated rings. The van der Waals surface area contributed by atoms with Crippen molar-refractivity contribution in [3.63, 3.8) is 0 Å². The quantitative estimate of drug-likeness (QED) is 0.667. The lowest BCUT2D eigenvalue weighted by atomic mass is 9.65. The molecule has 2 bridgehead atoms. The number of carboxylic acids is 1. The number of cyclic esters (lactones) is 1. The fraction of sp³-hybridized carbons (Fsp3) is 0.800. The third kappa shape index (κ3) is 0.916. The van der Waals surface area contributed by atoms with Crippen LogP contribution in [0, 0.1) is 5.41 Å². The van der Waals surface area contributed by atoms with Crippen LogP contribution in [0.15, 0.2) is 0 Å². The maximum atomic E-state index is 11.7. The highest BCUT2D eigenvalue weighted by molar-refractivity contribution is 5.87. The van der Waals surface area contributed by atoms with Crippen LogP contribution in [0.25, 0.3) is 0 Å². The largest absolute Gasteiger partial charge is 0.481 e. The van der Waals surface area contributed by atoms with Gasteiger partial charge in [-0.2, -0.15) is 0 Å². The van der Waals surface area contributed by atoms with Crippen LogP contribution in [-0.4, -0.2) is 35.4 Å². The molecule has 0 aliphatic carbocycles. The Labute approximate surface area is 86.4 Å². The lowest BCUT2D eigenvalue weighted by Crippen LogP contribution is -2.47. The second-order valence-corrected chi connectivity index (χ2v) is 4.71. The van der Waals surface area contributed by atoms with Crippen molar-refractivity contribution in [1.82, 2.24) is 0 Å². The molecule has 3 heterocycles. The molecule has 3 aliphatic rings. The number of ether oxygens (including phenoxy) is 2. The van der Waals surface area contributed by atoms with E-state index in [9.17, 15) is 9.59 Å². The fourth-order valence-corrected chi connectivity index (χ4v) is 3.30. The fourth-order valence-electron chi connectivity index (χ4n) is 3.30. The van der Waals surface area contributed by atoms with Crippen LogP contribution in [0.2, 0.25) is 0 Å². The van der Waals surface area contributed by atoms with Crippen molar-refractivity contribution >= 4 is 11.9 Å². The molecule has 15 heavy (non-hydrogen) atoms. The molecule has 0 saturated carbocycles. The Morgan fingerprint density at radius 1 is 1.60 bits per heavy atom. The number of fused-ring (bicyclic) bond motifs is 1. The molecule has 3 saturated heterocycles. The van der Waals surface area contributed by atoms with Gasteiger partial charge in [-0.05, 0) is 19.3 Å². The Kier molecular flexibility index (Phi) is 1.54. The summed E-state index contributed by atoms with van der Waals surface area (Å²) in [4.78, 5) is 22.6. The number of aliphatic carboxylic acids is 1. The second-order valence-electron chi connectivity index (χ2n) is 4.71. The first-order valence-electron chi connectivity index (χ1n) is 5.15. The summed E-state index contributed by atoms with van der Waals surface area (Å²) >= 11 is 0. The summed E-state index contributed by atoms with van der Waals surface area (Å²) in [6.07, 6.45) is 2.06. The van der Waals surface area contributed by atoms with E-state index in [2.05, 4.69) is 0 Å². The predicted octanol–water partition coefficient (Wildman–Crippen LogP) is 0.326. The molecule has 0 aromatic carbocycles. The van der Waals surface area contributed by atoms with Crippen molar-refractivity contribution in [3.05, 3.63) is 0 Å². The second kappa shape index (κ2) is 2.52. The van der Waals surface area contributed by atoms with Gasteiger partial charge in [-0.25, -0.2) is 0 Å². The van der Waals surface area contributed by atoms with E-state index in [1.54, 1.807) is 0 Å². The van der Waals surface area contributed by atoms with Crippen LogP contribution >= 0.6 is 0 Å². The lowest BCUT2D eigenvalue weighted by Gasteiger charge is -2.32. The summed E-state index contributed by atoms with van der Waals surface area (Å²) < 4.78 is 10.8. The predicted molar refractivity (Wildman–Crippen MR) is 47.1 cm³/mol. The zero-order valence-electron chi connectivity index (χ0n) is 8.19. The Morgan fingerprint density at radius 2 is 2.40 bits per heavy atom. The van der Waals surface area contributed by atoms with Gasteiger partial charge in [-0.3, -0.25) is 9.59 Å². The number of hydrogen-bond acceptors (Lipinski definition) is 4. The molecule has 3 rings (SSSR count). The molecule has 3 aliphatic heterocycles. The number of rotatable bonds is 2. The van der Waals surface area contributed by atoms with E-state index >= 15 is 0 Å². The number of carboxylic acid groups (broad SMARTS) is 1. The Bertz CT molecular complexity index is 352. The molecule has 82 valence electrons. The van der Waals surface area contributed by atoms with E-state index in [4.69, 9.17) is 14.6 Å². The SMILES string of the molecule is O=C(O)CC12CC3CC[C@]1(COC2=O)O3. The zero-order valence-corrected chi connectivity index (χ0v) is 8.19. The highest BCUT2D eigenvalue weighted by Gasteiger charge is 2.72. The van der Waals surface area contributed by atoms with E-state index in [1.807, 2.05) is 0 Å². The zero-order chi connectivity index (χ0) is 10.7. The molecule has 5 heteroatoms. The highest BCUT2D eigenvalue weighted by Crippen LogP contribution is 2.61. The Balaban J connectivity index is 2.03. The number of carbonyl (C=O) groups excluding carboxylic acids is 1. The average molecular weight is 212 g/mol. The van der Waals surface area contributed by atoms with Crippen LogP contribution in [-0.2, 0) is 19.1 Å². The maximum absolute atomic E-state index is 11.7. The van der Waals surface area contributed by atoms with Gasteiger partial charge in [-0.1, -0.05) is 0 Å². The Morgan fingerprint density at radius 3 is 3.07 bits per heavy atom. The Hall–Kier alpha value is -1.10. The van der Waals surface area contributed by atoms with Crippen LogP contribution in [0.1, 0.15) is 25.7 Å². The molecular weight excluding hydrogens is 200 g/mol. The summed E-state index contributed by atoms with van der Waals surface area (Å²) in [7, 11) is 0.